The van der Waals surface area contributed by atoms with E-state index in [1.807, 2.05) is 12.1 Å². The largest absolute Gasteiger partial charge is 0.487 e. The average Bonchev–Trinajstić information content (AvgIpc) is 3.48. The number of ketones is 1. The van der Waals surface area contributed by atoms with Crippen molar-refractivity contribution in [3.05, 3.63) is 59.6 Å². The Balaban J connectivity index is 1.38. The number of carbonyl (C=O) groups excluding carboxylic acids is 2. The molecule has 2 fully saturated rings. The number of hydrogen-bond acceptors (Lipinski definition) is 5. The topological polar surface area (TPSA) is 63.0 Å². The fourth-order valence-corrected chi connectivity index (χ4v) is 7.79. The van der Waals surface area contributed by atoms with Gasteiger partial charge in [-0.2, -0.15) is 0 Å². The van der Waals surface area contributed by atoms with E-state index in [1.54, 1.807) is 25.5 Å². The van der Waals surface area contributed by atoms with Crippen molar-refractivity contribution in [1.29, 1.82) is 0 Å². The van der Waals surface area contributed by atoms with Crippen LogP contribution < -0.4 is 4.74 Å². The highest BCUT2D eigenvalue weighted by atomic mass is 16.5. The standard InChI is InChI=1S/C30H36N2O4/c1-19(2)16-32(27(34)10-7-21-11-14-35-18-21)24-9-8-23-25-15-22-5-4-6-26-28(22)30(23,29(24)36-26)12-13-31(25)17-20(3)33/h4-7,10-11,14,18-19,23-25,29H,8-9,12-13,15-17H2,1-3H3/t23-,24-,25+,29-,30-/m0/s1. The van der Waals surface area contributed by atoms with Crippen LogP contribution in [0, 0.1) is 11.8 Å². The van der Waals surface area contributed by atoms with Gasteiger partial charge < -0.3 is 14.1 Å². The molecule has 1 saturated carbocycles. The molecule has 190 valence electrons. The second-order valence-electron chi connectivity index (χ2n) is 11.6. The molecule has 0 radical (unpaired) electrons. The molecule has 6 heteroatoms. The number of Topliss-reactive ketones (excluding diaryl/α,β-unsaturated/α-hetero) is 1. The fourth-order valence-electron chi connectivity index (χ4n) is 7.79. The minimum absolute atomic E-state index is 0.0171. The molecular weight excluding hydrogens is 452 g/mol. The molecular formula is C30H36N2O4. The van der Waals surface area contributed by atoms with Gasteiger partial charge in [-0.25, -0.2) is 0 Å². The fraction of sp³-hybridized carbons (Fsp3) is 0.533. The van der Waals surface area contributed by atoms with Gasteiger partial charge in [0.15, 0.2) is 0 Å². The van der Waals surface area contributed by atoms with Crippen LogP contribution in [-0.4, -0.2) is 59.3 Å². The summed E-state index contributed by atoms with van der Waals surface area (Å²) in [4.78, 5) is 30.2. The van der Waals surface area contributed by atoms with Crippen LogP contribution >= 0.6 is 0 Å². The van der Waals surface area contributed by atoms with E-state index in [-0.39, 0.29) is 29.3 Å². The molecule has 1 saturated heterocycles. The van der Waals surface area contributed by atoms with Gasteiger partial charge in [0, 0.05) is 35.2 Å². The summed E-state index contributed by atoms with van der Waals surface area (Å²) in [6, 6.07) is 8.70. The Morgan fingerprint density at radius 1 is 1.25 bits per heavy atom. The van der Waals surface area contributed by atoms with Crippen molar-refractivity contribution >= 4 is 17.8 Å². The van der Waals surface area contributed by atoms with Crippen LogP contribution in [0.25, 0.3) is 6.08 Å². The van der Waals surface area contributed by atoms with Gasteiger partial charge in [-0.1, -0.05) is 26.0 Å². The van der Waals surface area contributed by atoms with Crippen molar-refractivity contribution in [2.45, 2.75) is 70.1 Å². The summed E-state index contributed by atoms with van der Waals surface area (Å²) in [5.41, 5.74) is 3.56. The third-order valence-electron chi connectivity index (χ3n) is 8.93. The Bertz CT molecular complexity index is 1190. The molecule has 0 unspecified atom stereocenters. The number of furan rings is 1. The number of amides is 1. The lowest BCUT2D eigenvalue weighted by Crippen LogP contribution is -2.69. The first-order valence-corrected chi connectivity index (χ1v) is 13.4. The van der Waals surface area contributed by atoms with Gasteiger partial charge in [0.1, 0.15) is 17.6 Å². The molecule has 2 aliphatic carbocycles. The zero-order valence-electron chi connectivity index (χ0n) is 21.5. The van der Waals surface area contributed by atoms with Crippen molar-refractivity contribution in [3.8, 4) is 5.75 Å². The van der Waals surface area contributed by atoms with E-state index in [0.717, 1.165) is 43.5 Å². The Labute approximate surface area is 213 Å². The maximum atomic E-state index is 13.6. The molecule has 36 heavy (non-hydrogen) atoms. The zero-order chi connectivity index (χ0) is 25.0. The van der Waals surface area contributed by atoms with Crippen LogP contribution in [0.15, 0.2) is 47.3 Å². The summed E-state index contributed by atoms with van der Waals surface area (Å²) in [5.74, 6) is 2.07. The van der Waals surface area contributed by atoms with Crippen LogP contribution in [0.4, 0.5) is 0 Å². The maximum Gasteiger partial charge on any atom is 0.246 e. The molecule has 1 aromatic heterocycles. The number of piperidine rings is 1. The molecule has 3 heterocycles. The number of rotatable bonds is 7. The highest BCUT2D eigenvalue weighted by Crippen LogP contribution is 2.62. The SMILES string of the molecule is CC(=O)CN1CC[C@]23c4c5cccc4O[C@H]2[C@@H](N(CC(C)C)C(=O)C=Cc2ccoc2)CC[C@H]3[C@H]1C5. The van der Waals surface area contributed by atoms with Crippen LogP contribution in [0.5, 0.6) is 5.75 Å². The quantitative estimate of drug-likeness (QED) is 0.538. The summed E-state index contributed by atoms with van der Waals surface area (Å²) in [7, 11) is 0. The molecule has 0 N–H and O–H groups in total. The number of benzene rings is 1. The zero-order valence-corrected chi connectivity index (χ0v) is 21.5. The lowest BCUT2D eigenvalue weighted by molar-refractivity contribution is -0.139. The smallest absolute Gasteiger partial charge is 0.246 e. The number of likely N-dealkylation sites (tertiary alicyclic amines) is 1. The molecule has 1 spiro atoms. The third kappa shape index (κ3) is 3.64. The lowest BCUT2D eigenvalue weighted by Gasteiger charge is -2.60. The predicted octanol–water partition coefficient (Wildman–Crippen LogP) is 4.47. The molecule has 2 aromatic rings. The molecule has 1 aromatic carbocycles. The first-order chi connectivity index (χ1) is 17.4. The molecule has 2 aliphatic heterocycles. The first kappa shape index (κ1) is 23.5. The summed E-state index contributed by atoms with van der Waals surface area (Å²) in [5, 5.41) is 0. The molecule has 2 bridgehead atoms. The van der Waals surface area contributed by atoms with E-state index in [9.17, 15) is 9.59 Å². The van der Waals surface area contributed by atoms with E-state index in [4.69, 9.17) is 9.15 Å². The van der Waals surface area contributed by atoms with Crippen molar-refractivity contribution in [3.63, 3.8) is 0 Å². The maximum absolute atomic E-state index is 13.6. The van der Waals surface area contributed by atoms with Crippen LogP contribution in [0.2, 0.25) is 0 Å². The van der Waals surface area contributed by atoms with Crippen molar-refractivity contribution in [2.24, 2.45) is 11.8 Å². The highest BCUT2D eigenvalue weighted by Gasteiger charge is 2.66. The van der Waals surface area contributed by atoms with E-state index >= 15 is 0 Å². The molecule has 1 amide bonds. The van der Waals surface area contributed by atoms with E-state index in [1.165, 1.54) is 11.1 Å². The Hall–Kier alpha value is -2.86. The highest BCUT2D eigenvalue weighted by molar-refractivity contribution is 5.92. The Kier molecular flexibility index (Phi) is 5.83. The minimum atomic E-state index is -0.0885. The van der Waals surface area contributed by atoms with Crippen LogP contribution in [0.1, 0.15) is 56.7 Å². The van der Waals surface area contributed by atoms with E-state index < -0.39 is 0 Å². The Morgan fingerprint density at radius 2 is 2.11 bits per heavy atom. The van der Waals surface area contributed by atoms with Gasteiger partial charge in [0.05, 0.1) is 25.1 Å². The second kappa shape index (κ2) is 8.91. The lowest BCUT2D eigenvalue weighted by atomic mass is 9.51. The normalized spacial score (nSPS) is 30.3. The van der Waals surface area contributed by atoms with E-state index in [2.05, 4.69) is 41.8 Å². The van der Waals surface area contributed by atoms with Gasteiger partial charge in [-0.3, -0.25) is 14.5 Å². The van der Waals surface area contributed by atoms with Gasteiger partial charge in [-0.15, -0.1) is 0 Å². The van der Waals surface area contributed by atoms with Gasteiger partial charge >= 0.3 is 0 Å². The number of nitrogens with zero attached hydrogens (tertiary/aromatic N) is 2. The first-order valence-electron chi connectivity index (χ1n) is 13.4. The summed E-state index contributed by atoms with van der Waals surface area (Å²) in [6.07, 6.45) is 10.7. The molecule has 6 rings (SSSR count). The number of ether oxygens (including phenoxy) is 1. The second-order valence-corrected chi connectivity index (χ2v) is 11.6. The van der Waals surface area contributed by atoms with Crippen LogP contribution in [0.3, 0.4) is 0 Å². The number of hydrogen-bond donors (Lipinski definition) is 0. The summed E-state index contributed by atoms with van der Waals surface area (Å²) < 4.78 is 12.0. The van der Waals surface area contributed by atoms with Crippen LogP contribution in [-0.2, 0) is 21.4 Å². The third-order valence-corrected chi connectivity index (χ3v) is 8.93. The summed E-state index contributed by atoms with van der Waals surface area (Å²) >= 11 is 0. The van der Waals surface area contributed by atoms with Crippen molar-refractivity contribution < 1.29 is 18.7 Å². The predicted molar refractivity (Wildman–Crippen MR) is 138 cm³/mol. The van der Waals surface area contributed by atoms with Gasteiger partial charge in [0.2, 0.25) is 5.91 Å². The van der Waals surface area contributed by atoms with Crippen molar-refractivity contribution in [1.82, 2.24) is 9.80 Å². The molecule has 5 atom stereocenters. The molecule has 6 nitrogen and oxygen atoms in total. The van der Waals surface area contributed by atoms with Gasteiger partial charge in [0.25, 0.3) is 0 Å². The van der Waals surface area contributed by atoms with Crippen molar-refractivity contribution in [2.75, 3.05) is 19.6 Å². The molecule has 4 aliphatic rings. The number of carbonyl (C=O) groups is 2. The monoisotopic (exact) mass is 488 g/mol. The summed E-state index contributed by atoms with van der Waals surface area (Å²) in [6.45, 7) is 8.16. The van der Waals surface area contributed by atoms with E-state index in [0.29, 0.717) is 31.0 Å². The average molecular weight is 489 g/mol. The van der Waals surface area contributed by atoms with Gasteiger partial charge in [-0.05, 0) is 74.8 Å². The minimum Gasteiger partial charge on any atom is -0.487 e. The Morgan fingerprint density at radius 3 is 2.86 bits per heavy atom.